The number of aryl methyl sites for hydroxylation is 5. The van der Waals surface area contributed by atoms with E-state index in [2.05, 4.69) is 27.3 Å². The summed E-state index contributed by atoms with van der Waals surface area (Å²) in [5.41, 5.74) is 11.0. The van der Waals surface area contributed by atoms with Gasteiger partial charge < -0.3 is 24.8 Å². The van der Waals surface area contributed by atoms with Crippen LogP contribution >= 0.6 is 80.6 Å². The molecule has 0 saturated heterocycles. The van der Waals surface area contributed by atoms with Crippen LogP contribution < -0.4 is 18.9 Å². The first-order valence-electron chi connectivity index (χ1n) is 24.7. The van der Waals surface area contributed by atoms with Crippen LogP contribution in [0.25, 0.3) is 5.57 Å². The van der Waals surface area contributed by atoms with Crippen LogP contribution in [0.4, 0.5) is 0 Å². The number of carboxylic acid groups (broad SMARTS) is 1. The van der Waals surface area contributed by atoms with Gasteiger partial charge in [0.15, 0.2) is 5.78 Å². The molecule has 1 aliphatic carbocycles. The van der Waals surface area contributed by atoms with Crippen LogP contribution in [-0.4, -0.2) is 60.1 Å². The first-order chi connectivity index (χ1) is 35.7. The summed E-state index contributed by atoms with van der Waals surface area (Å²) in [6.07, 6.45) is 5.60. The van der Waals surface area contributed by atoms with Gasteiger partial charge in [-0.3, -0.25) is 14.4 Å². The smallest absolute Gasteiger partial charge is 0.870 e. The maximum absolute atomic E-state index is 11.5. The molecule has 5 aromatic carbocycles. The number of rotatable bonds is 12. The minimum atomic E-state index is -0.797. The number of esters is 3. The first-order valence-corrected chi connectivity index (χ1v) is 27.7. The van der Waals surface area contributed by atoms with E-state index in [1.807, 2.05) is 147 Å². The van der Waals surface area contributed by atoms with E-state index in [1.54, 1.807) is 33.8 Å². The number of allylic oxidation sites excluding steroid dienone is 2. The van der Waals surface area contributed by atoms with Gasteiger partial charge in [0.25, 0.3) is 0 Å². The molecule has 0 aromatic heterocycles. The van der Waals surface area contributed by atoms with Gasteiger partial charge in [-0.05, 0) is 208 Å². The summed E-state index contributed by atoms with van der Waals surface area (Å²) in [4.78, 5) is 55.0. The molecule has 10 nitrogen and oxygen atoms in total. The zero-order chi connectivity index (χ0) is 57.8. The Hall–Kier alpha value is -4.13. The number of aliphatic carboxylic acids is 1. The van der Waals surface area contributed by atoms with Crippen LogP contribution in [-0.2, 0) is 33.4 Å². The maximum atomic E-state index is 11.5. The summed E-state index contributed by atoms with van der Waals surface area (Å²) in [7, 11) is 0. The second-order valence-electron chi connectivity index (χ2n) is 17.9. The van der Waals surface area contributed by atoms with E-state index in [4.69, 9.17) is 72.6 Å². The second kappa shape index (κ2) is 40.1. The molecule has 0 heterocycles. The van der Waals surface area contributed by atoms with E-state index < -0.39 is 5.97 Å². The van der Waals surface area contributed by atoms with E-state index in [0.717, 1.165) is 74.3 Å². The van der Waals surface area contributed by atoms with Gasteiger partial charge >= 0.3 is 42.7 Å². The number of carboxylic acids is 1. The number of hydrogen-bond donors (Lipinski definition) is 1. The zero-order valence-electron chi connectivity index (χ0n) is 47.2. The molecule has 6 rings (SSSR count). The predicted octanol–water partition coefficient (Wildman–Crippen LogP) is 15.1. The van der Waals surface area contributed by atoms with Gasteiger partial charge in [-0.2, -0.15) is 0 Å². The summed E-state index contributed by atoms with van der Waals surface area (Å²) in [5.74, 6) is -1.01. The molecule has 0 saturated carbocycles. The van der Waals surface area contributed by atoms with Gasteiger partial charge in [0.2, 0.25) is 0 Å². The predicted molar refractivity (Wildman–Crippen MR) is 325 cm³/mol. The molecule has 0 bridgehead atoms. The van der Waals surface area contributed by atoms with Crippen molar-refractivity contribution in [3.05, 3.63) is 187 Å². The fourth-order valence-electron chi connectivity index (χ4n) is 7.30. The topological polar surface area (TPSA) is 163 Å². The number of carbonyl (C=O) groups excluding carboxylic acids is 4. The van der Waals surface area contributed by atoms with Gasteiger partial charge in [0, 0.05) is 47.8 Å². The van der Waals surface area contributed by atoms with Crippen molar-refractivity contribution in [3.8, 4) is 0 Å². The van der Waals surface area contributed by atoms with Crippen LogP contribution in [0, 0.1) is 38.2 Å². The molecule has 0 fully saturated rings. The van der Waals surface area contributed by atoms with E-state index in [0.29, 0.717) is 42.7 Å². The molecule has 2 N–H and O–H groups in total. The third kappa shape index (κ3) is 28.8. The Bertz CT molecular complexity index is 2800. The largest absolute Gasteiger partial charge is 1.00 e. The van der Waals surface area contributed by atoms with Crippen molar-refractivity contribution >= 4 is 116 Å². The SMILES string of the molecule is C/C=C\C(=O)OCC.CCOC(=O)/C=C(\C)c1ccc(C)cc1Cl.CCOC(=O)CC(C)c1ccc(C)cc1Cl.Cc1cc(Cl)c2c(c1)C(=O)CC2C.Cc1ccc(C(C)CC(=O)O)c(Cl)c1.Cc1ccc(I)c(Cl)c1.[Li+].[OH-]. The minimum Gasteiger partial charge on any atom is -0.870 e. The van der Waals surface area contributed by atoms with Crippen LogP contribution in [0.1, 0.15) is 153 Å². The molecule has 0 amide bonds. The Kier molecular flexibility index (Phi) is 39.0. The number of Topliss-reactive ketones (excluding diaryl/α,β-unsaturated/α-hetero) is 1. The molecule has 3 unspecified atom stereocenters. The number of halogens is 6. The van der Waals surface area contributed by atoms with Gasteiger partial charge in [-0.25, -0.2) is 9.59 Å². The summed E-state index contributed by atoms with van der Waals surface area (Å²) in [6.45, 7) is 26.0. The van der Waals surface area contributed by atoms with Crippen molar-refractivity contribution in [2.24, 2.45) is 0 Å². The number of ketones is 1. The molecular weight excluding hydrogens is 1200 g/mol. The Morgan fingerprint density at radius 2 is 1.08 bits per heavy atom. The molecule has 0 radical (unpaired) electrons. The fraction of sp³-hybridized carbons (Fsp3) is 0.361. The Morgan fingerprint density at radius 3 is 1.51 bits per heavy atom. The molecule has 17 heteroatoms. The van der Waals surface area contributed by atoms with Gasteiger partial charge in [-0.15, -0.1) is 0 Å². The molecule has 420 valence electrons. The zero-order valence-corrected chi connectivity index (χ0v) is 53.2. The van der Waals surface area contributed by atoms with Crippen molar-refractivity contribution in [2.75, 3.05) is 19.8 Å². The van der Waals surface area contributed by atoms with Crippen molar-refractivity contribution in [2.45, 2.75) is 127 Å². The third-order valence-electron chi connectivity index (χ3n) is 11.0. The normalized spacial score (nSPS) is 12.6. The molecule has 0 aliphatic heterocycles. The number of ether oxygens (including phenoxy) is 3. The van der Waals surface area contributed by atoms with Crippen LogP contribution in [0.3, 0.4) is 0 Å². The molecule has 5 aromatic rings. The van der Waals surface area contributed by atoms with Gasteiger partial charge in [0.1, 0.15) is 0 Å². The summed E-state index contributed by atoms with van der Waals surface area (Å²) in [6, 6.07) is 27.2. The Labute approximate surface area is 513 Å². The Balaban J connectivity index is 0. The number of carbonyl (C=O) groups is 5. The average molecular weight is 1280 g/mol. The maximum Gasteiger partial charge on any atom is 1.00 e. The standard InChI is InChI=1S/C13H17ClO2.C13H15ClO2.C11H13ClO2.C11H11ClO.C7H6ClI.C6H10O2.Li.H2O/c2*1-4-16-13(15)8-10(3)11-6-5-9(2)7-12(11)14;1-7-3-4-9(10(12)5-7)8(2)6-11(13)14;1-6-3-8-10(13)5-7(2)11(8)9(12)4-6;1-5-2-3-7(9)6(8)4-5;1-3-5-6(7)8-4-2;;/h5-7,10H,4,8H2,1-3H3;5-8H,4H2,1-3H3;3-5,8H,6H2,1-2H3,(H,13,14);3-4,7H,5H2,1-2H3;2-4H,1H3;3,5H,4H2,1-2H3;;1H2/q;;;;;;+1;/p-1/b;10-8+;;;;5-3-;;. The fourth-order valence-corrected chi connectivity index (χ4v) is 9.55. The van der Waals surface area contributed by atoms with Crippen LogP contribution in [0.15, 0.2) is 103 Å². The van der Waals surface area contributed by atoms with Crippen molar-refractivity contribution in [1.29, 1.82) is 0 Å². The second-order valence-corrected chi connectivity index (χ2v) is 21.1. The van der Waals surface area contributed by atoms with E-state index in [9.17, 15) is 24.0 Å². The number of hydrogen-bond acceptors (Lipinski definition) is 9. The monoisotopic (exact) mass is 1270 g/mol. The molecule has 3 atom stereocenters. The molecule has 1 aliphatic rings. The van der Waals surface area contributed by atoms with Crippen LogP contribution in [0.2, 0.25) is 25.1 Å². The van der Waals surface area contributed by atoms with E-state index in [-0.39, 0.29) is 72.2 Å². The summed E-state index contributed by atoms with van der Waals surface area (Å²) in [5, 5.41) is 12.3. The molecular formula is C61H73Cl5ILiO10. The minimum absolute atomic E-state index is 0. The van der Waals surface area contributed by atoms with Crippen molar-refractivity contribution in [1.82, 2.24) is 0 Å². The Morgan fingerprint density at radius 1 is 0.641 bits per heavy atom. The number of benzene rings is 5. The van der Waals surface area contributed by atoms with E-state index in [1.165, 1.54) is 17.7 Å². The average Bonchev–Trinajstić information content (AvgIpc) is 3.60. The van der Waals surface area contributed by atoms with Crippen molar-refractivity contribution in [3.63, 3.8) is 0 Å². The quantitative estimate of drug-likeness (QED) is 0.0418. The number of fused-ring (bicyclic) bond motifs is 1. The first kappa shape index (κ1) is 75.9. The summed E-state index contributed by atoms with van der Waals surface area (Å²) >= 11 is 32.3. The summed E-state index contributed by atoms with van der Waals surface area (Å²) < 4.78 is 15.4. The third-order valence-corrected chi connectivity index (χ3v) is 13.9. The molecule has 78 heavy (non-hydrogen) atoms. The van der Waals surface area contributed by atoms with Gasteiger partial charge in [-0.1, -0.05) is 127 Å². The van der Waals surface area contributed by atoms with Crippen LogP contribution in [0.5, 0.6) is 0 Å². The van der Waals surface area contributed by atoms with E-state index >= 15 is 0 Å². The molecule has 0 spiro atoms. The van der Waals surface area contributed by atoms with Crippen molar-refractivity contribution < 1.29 is 67.6 Å². The van der Waals surface area contributed by atoms with Gasteiger partial charge in [0.05, 0.1) is 37.7 Å².